The third-order valence-electron chi connectivity index (χ3n) is 4.48. The molecule has 3 rings (SSSR count). The zero-order valence-corrected chi connectivity index (χ0v) is 15.5. The van der Waals surface area contributed by atoms with Crippen LogP contribution in [0.1, 0.15) is 40.0 Å². The number of aryl methyl sites for hydroxylation is 2. The molecule has 0 radical (unpaired) electrons. The van der Waals surface area contributed by atoms with E-state index in [9.17, 15) is 14.0 Å². The number of amides is 1. The highest BCUT2D eigenvalue weighted by Crippen LogP contribution is 2.16. The minimum Gasteiger partial charge on any atom is -0.364 e. The summed E-state index contributed by atoms with van der Waals surface area (Å²) in [6, 6.07) is 6.68. The van der Waals surface area contributed by atoms with Gasteiger partial charge in [-0.05, 0) is 65.0 Å². The van der Waals surface area contributed by atoms with E-state index in [0.29, 0.717) is 11.6 Å². The highest BCUT2D eigenvalue weighted by atomic mass is 19.1. The number of rotatable bonds is 4. The zero-order valence-electron chi connectivity index (χ0n) is 15.5. The van der Waals surface area contributed by atoms with Crippen molar-refractivity contribution in [1.82, 2.24) is 15.2 Å². The number of benzene rings is 1. The fourth-order valence-electron chi connectivity index (χ4n) is 2.88. The number of hydrogen-bond acceptors (Lipinski definition) is 3. The van der Waals surface area contributed by atoms with Gasteiger partial charge in [-0.25, -0.2) is 4.39 Å². The molecule has 1 saturated heterocycles. The molecule has 1 fully saturated rings. The zero-order chi connectivity index (χ0) is 19.1. The second kappa shape index (κ2) is 9.29. The lowest BCUT2D eigenvalue weighted by atomic mass is 10.0. The Hall–Kier alpha value is -2.47. The third-order valence-corrected chi connectivity index (χ3v) is 4.48. The van der Waals surface area contributed by atoms with E-state index in [1.807, 2.05) is 13.8 Å². The summed E-state index contributed by atoms with van der Waals surface area (Å²) >= 11 is 0. The maximum Gasteiger partial charge on any atom is 0.207 e. The van der Waals surface area contributed by atoms with E-state index in [4.69, 9.17) is 0 Å². The van der Waals surface area contributed by atoms with E-state index in [0.717, 1.165) is 43.6 Å². The molecule has 1 aliphatic rings. The number of carbonyl (C=O) groups is 2. The normalized spacial score (nSPS) is 15.1. The standard InChI is InChI=1S/C13H12FNO.C7H14N2O/c1-8-3-4-12(14)11(5-8)13(16)10-6-9(2)15-7-10;1-9-4-2-7(3-5-9)8-6-10/h3-7,15H,1-2H3;6-7H,2-5H2,1H3,(H,8,10). The topological polar surface area (TPSA) is 65.2 Å². The number of hydrogen-bond donors (Lipinski definition) is 2. The van der Waals surface area contributed by atoms with Crippen molar-refractivity contribution in [2.75, 3.05) is 20.1 Å². The summed E-state index contributed by atoms with van der Waals surface area (Å²) < 4.78 is 13.5. The van der Waals surface area contributed by atoms with E-state index in [1.165, 1.54) is 6.07 Å². The van der Waals surface area contributed by atoms with E-state index in [1.54, 1.807) is 24.4 Å². The number of likely N-dealkylation sites (tertiary alicyclic amines) is 1. The molecule has 5 nitrogen and oxygen atoms in total. The highest BCUT2D eigenvalue weighted by Gasteiger charge is 2.15. The van der Waals surface area contributed by atoms with E-state index in [-0.39, 0.29) is 11.3 Å². The molecule has 2 aromatic rings. The monoisotopic (exact) mass is 359 g/mol. The van der Waals surface area contributed by atoms with Gasteiger partial charge in [-0.3, -0.25) is 9.59 Å². The molecule has 1 aromatic heterocycles. The van der Waals surface area contributed by atoms with Gasteiger partial charge < -0.3 is 15.2 Å². The number of piperidine rings is 1. The second-order valence-electron chi connectivity index (χ2n) is 6.75. The fraction of sp³-hybridized carbons (Fsp3) is 0.400. The van der Waals surface area contributed by atoms with E-state index in [2.05, 4.69) is 22.2 Å². The van der Waals surface area contributed by atoms with Gasteiger partial charge in [0.05, 0.1) is 5.56 Å². The summed E-state index contributed by atoms with van der Waals surface area (Å²) in [5.41, 5.74) is 2.37. The number of halogens is 1. The van der Waals surface area contributed by atoms with Crippen molar-refractivity contribution in [1.29, 1.82) is 0 Å². The fourth-order valence-corrected chi connectivity index (χ4v) is 2.88. The van der Waals surface area contributed by atoms with Crippen LogP contribution in [0.15, 0.2) is 30.5 Å². The quantitative estimate of drug-likeness (QED) is 0.652. The van der Waals surface area contributed by atoms with Crippen LogP contribution in [0.2, 0.25) is 0 Å². The molecule has 1 amide bonds. The van der Waals surface area contributed by atoms with Crippen LogP contribution in [0.3, 0.4) is 0 Å². The molecule has 0 aliphatic carbocycles. The van der Waals surface area contributed by atoms with Crippen molar-refractivity contribution >= 4 is 12.2 Å². The van der Waals surface area contributed by atoms with E-state index >= 15 is 0 Å². The van der Waals surface area contributed by atoms with Crippen LogP contribution in [0.4, 0.5) is 4.39 Å². The first-order valence-electron chi connectivity index (χ1n) is 8.75. The van der Waals surface area contributed by atoms with Gasteiger partial charge in [-0.1, -0.05) is 11.6 Å². The summed E-state index contributed by atoms with van der Waals surface area (Å²) in [5, 5.41) is 2.80. The number of carbonyl (C=O) groups excluding carboxylic acids is 2. The number of ketones is 1. The third kappa shape index (κ3) is 5.52. The maximum atomic E-state index is 13.5. The molecule has 1 aromatic carbocycles. The SMILES string of the molecule is CN1CCC(NC=O)CC1.Cc1ccc(F)c(C(=O)c2c[nH]c(C)c2)c1. The number of nitrogens with one attached hydrogen (secondary N) is 2. The predicted molar refractivity (Wildman–Crippen MR) is 99.8 cm³/mol. The molecule has 0 unspecified atom stereocenters. The Bertz CT molecular complexity index is 749. The lowest BCUT2D eigenvalue weighted by molar-refractivity contribution is -0.110. The molecule has 0 saturated carbocycles. The Labute approximate surface area is 153 Å². The molecule has 2 heterocycles. The lowest BCUT2D eigenvalue weighted by Gasteiger charge is -2.28. The molecule has 140 valence electrons. The minimum absolute atomic E-state index is 0.124. The van der Waals surface area contributed by atoms with Gasteiger partial charge in [0.15, 0.2) is 5.78 Å². The first-order chi connectivity index (χ1) is 12.4. The second-order valence-corrected chi connectivity index (χ2v) is 6.75. The Morgan fingerprint density at radius 2 is 1.96 bits per heavy atom. The smallest absolute Gasteiger partial charge is 0.207 e. The highest BCUT2D eigenvalue weighted by molar-refractivity contribution is 6.09. The number of nitrogens with zero attached hydrogens (tertiary/aromatic N) is 1. The first kappa shape index (κ1) is 19.8. The Morgan fingerprint density at radius 3 is 2.54 bits per heavy atom. The number of H-pyrrole nitrogens is 1. The van der Waals surface area contributed by atoms with Crippen molar-refractivity contribution in [3.8, 4) is 0 Å². The average Bonchev–Trinajstić information content (AvgIpc) is 3.06. The van der Waals surface area contributed by atoms with Crippen LogP contribution < -0.4 is 5.32 Å². The van der Waals surface area contributed by atoms with Crippen LogP contribution in [0.25, 0.3) is 0 Å². The predicted octanol–water partition coefficient (Wildman–Crippen LogP) is 2.83. The van der Waals surface area contributed by atoms with Gasteiger partial charge in [0, 0.05) is 23.5 Å². The van der Waals surface area contributed by atoms with Gasteiger partial charge >= 0.3 is 0 Å². The molecule has 0 spiro atoms. The van der Waals surface area contributed by atoms with Gasteiger partial charge in [-0.2, -0.15) is 0 Å². The van der Waals surface area contributed by atoms with Crippen molar-refractivity contribution < 1.29 is 14.0 Å². The Balaban J connectivity index is 0.000000209. The summed E-state index contributed by atoms with van der Waals surface area (Å²) in [6.45, 7) is 5.89. The van der Waals surface area contributed by atoms with Crippen LogP contribution in [-0.2, 0) is 4.79 Å². The lowest BCUT2D eigenvalue weighted by Crippen LogP contribution is -2.40. The largest absolute Gasteiger partial charge is 0.364 e. The average molecular weight is 359 g/mol. The molecule has 6 heteroatoms. The van der Waals surface area contributed by atoms with Crippen molar-refractivity contribution in [2.24, 2.45) is 0 Å². The number of aromatic nitrogens is 1. The summed E-state index contributed by atoms with van der Waals surface area (Å²) in [6.07, 6.45) is 4.58. The molecule has 1 aliphatic heterocycles. The molecule has 26 heavy (non-hydrogen) atoms. The molecule has 0 bridgehead atoms. The summed E-state index contributed by atoms with van der Waals surface area (Å²) in [7, 11) is 2.11. The summed E-state index contributed by atoms with van der Waals surface area (Å²) in [4.78, 5) is 27.2. The summed E-state index contributed by atoms with van der Waals surface area (Å²) in [5.74, 6) is -0.764. The van der Waals surface area contributed by atoms with Crippen molar-refractivity contribution in [3.05, 3.63) is 58.7 Å². The first-order valence-corrected chi connectivity index (χ1v) is 8.75. The van der Waals surface area contributed by atoms with Crippen LogP contribution in [-0.4, -0.2) is 48.3 Å². The Kier molecular flexibility index (Phi) is 7.09. The maximum absolute atomic E-state index is 13.5. The van der Waals surface area contributed by atoms with Crippen LogP contribution in [0, 0.1) is 19.7 Å². The van der Waals surface area contributed by atoms with E-state index < -0.39 is 5.82 Å². The van der Waals surface area contributed by atoms with Gasteiger partial charge in [-0.15, -0.1) is 0 Å². The van der Waals surface area contributed by atoms with Gasteiger partial charge in [0.25, 0.3) is 0 Å². The van der Waals surface area contributed by atoms with Crippen LogP contribution >= 0.6 is 0 Å². The van der Waals surface area contributed by atoms with Crippen molar-refractivity contribution in [2.45, 2.75) is 32.7 Å². The number of aromatic amines is 1. The molecule has 2 N–H and O–H groups in total. The molecular formula is C20H26FN3O2. The van der Waals surface area contributed by atoms with Gasteiger partial charge in [0.1, 0.15) is 5.82 Å². The molecular weight excluding hydrogens is 333 g/mol. The Morgan fingerprint density at radius 1 is 1.27 bits per heavy atom. The minimum atomic E-state index is -0.477. The van der Waals surface area contributed by atoms with Crippen LogP contribution in [0.5, 0.6) is 0 Å². The van der Waals surface area contributed by atoms with Gasteiger partial charge in [0.2, 0.25) is 6.41 Å². The van der Waals surface area contributed by atoms with Crippen molar-refractivity contribution in [3.63, 3.8) is 0 Å². The molecule has 0 atom stereocenters.